The van der Waals surface area contributed by atoms with Crippen LogP contribution in [0.25, 0.3) is 0 Å². The van der Waals surface area contributed by atoms with Crippen LogP contribution in [0.4, 0.5) is 5.69 Å². The maximum Gasteiger partial charge on any atom is 0.263 e. The van der Waals surface area contributed by atoms with Crippen LogP contribution in [0.1, 0.15) is 53.6 Å². The van der Waals surface area contributed by atoms with Crippen molar-refractivity contribution in [3.63, 3.8) is 0 Å². The molecule has 0 bridgehead atoms. The lowest BCUT2D eigenvalue weighted by Crippen LogP contribution is -2.38. The molecule has 7 heteroatoms. The van der Waals surface area contributed by atoms with E-state index in [9.17, 15) is 13.2 Å². The molecule has 0 aliphatic heterocycles. The second-order valence-corrected chi connectivity index (χ2v) is 9.83. The van der Waals surface area contributed by atoms with E-state index in [-0.39, 0.29) is 21.9 Å². The molecule has 0 saturated heterocycles. The van der Waals surface area contributed by atoms with Gasteiger partial charge in [-0.1, -0.05) is 48.6 Å². The molecular weight excluding hydrogens is 408 g/mol. The van der Waals surface area contributed by atoms with Gasteiger partial charge in [0, 0.05) is 18.7 Å². The first-order valence-corrected chi connectivity index (χ1v) is 11.7. The van der Waals surface area contributed by atoms with Crippen molar-refractivity contribution in [2.24, 2.45) is 0 Å². The predicted octanol–water partition coefficient (Wildman–Crippen LogP) is 5.16. The summed E-state index contributed by atoms with van der Waals surface area (Å²) < 4.78 is 28.6. The van der Waals surface area contributed by atoms with Gasteiger partial charge in [-0.2, -0.15) is 0 Å². The minimum absolute atomic E-state index is 0.0825. The fourth-order valence-electron chi connectivity index (χ4n) is 3.81. The molecule has 5 nitrogen and oxygen atoms in total. The molecule has 156 valence electrons. The molecule has 2 aromatic carbocycles. The summed E-state index contributed by atoms with van der Waals surface area (Å²) in [7, 11) is -2.15. The average molecular weight is 435 g/mol. The molecule has 3 rings (SSSR count). The Bertz CT molecular complexity index is 1010. The lowest BCUT2D eigenvalue weighted by atomic mass is 9.94. The van der Waals surface area contributed by atoms with Gasteiger partial charge >= 0.3 is 0 Å². The summed E-state index contributed by atoms with van der Waals surface area (Å²) in [5.41, 5.74) is 2.67. The zero-order valence-corrected chi connectivity index (χ0v) is 18.6. The number of carbonyl (C=O) groups is 1. The summed E-state index contributed by atoms with van der Waals surface area (Å²) in [5, 5.41) is 0.0825. The highest BCUT2D eigenvalue weighted by atomic mass is 35.5. The van der Waals surface area contributed by atoms with Gasteiger partial charge in [-0.25, -0.2) is 8.42 Å². The first-order chi connectivity index (χ1) is 13.7. The highest BCUT2D eigenvalue weighted by molar-refractivity contribution is 7.92. The van der Waals surface area contributed by atoms with E-state index in [1.165, 1.54) is 18.6 Å². The molecule has 1 aliphatic carbocycles. The van der Waals surface area contributed by atoms with Crippen molar-refractivity contribution in [2.45, 2.75) is 56.9 Å². The number of nitrogens with zero attached hydrogens (tertiary/aromatic N) is 1. The van der Waals surface area contributed by atoms with Crippen molar-refractivity contribution in [1.29, 1.82) is 0 Å². The van der Waals surface area contributed by atoms with Crippen LogP contribution in [-0.2, 0) is 10.0 Å². The van der Waals surface area contributed by atoms with Crippen LogP contribution < -0.4 is 4.72 Å². The van der Waals surface area contributed by atoms with Gasteiger partial charge in [0.1, 0.15) is 4.90 Å². The number of halogens is 1. The SMILES string of the molecule is Cc1ccc(NS(=O)(=O)c2cc(C(=O)N(C)C3CCCCC3)ccc2Cl)c(C)c1. The number of anilines is 1. The monoisotopic (exact) mass is 434 g/mol. The molecule has 0 aromatic heterocycles. The zero-order chi connectivity index (χ0) is 21.2. The third-order valence-corrected chi connectivity index (χ3v) is 7.38. The number of rotatable bonds is 5. The summed E-state index contributed by atoms with van der Waals surface area (Å²) in [6, 6.07) is 10.1. The minimum atomic E-state index is -3.94. The Kier molecular flexibility index (Phi) is 6.54. The number of hydrogen-bond acceptors (Lipinski definition) is 3. The summed E-state index contributed by atoms with van der Waals surface area (Å²) >= 11 is 6.20. The van der Waals surface area contributed by atoms with Gasteiger partial charge in [0.2, 0.25) is 0 Å². The summed E-state index contributed by atoms with van der Waals surface area (Å²) in [6.45, 7) is 3.78. The molecule has 0 atom stereocenters. The minimum Gasteiger partial charge on any atom is -0.339 e. The molecule has 1 N–H and O–H groups in total. The topological polar surface area (TPSA) is 66.5 Å². The Morgan fingerprint density at radius 2 is 1.76 bits per heavy atom. The van der Waals surface area contributed by atoms with Gasteiger partial charge in [0.05, 0.1) is 10.7 Å². The largest absolute Gasteiger partial charge is 0.339 e. The van der Waals surface area contributed by atoms with Crippen molar-refractivity contribution in [2.75, 3.05) is 11.8 Å². The first-order valence-electron chi connectivity index (χ1n) is 9.86. The Balaban J connectivity index is 1.88. The highest BCUT2D eigenvalue weighted by Crippen LogP contribution is 2.28. The molecule has 1 fully saturated rings. The van der Waals surface area contributed by atoms with Gasteiger partial charge in [0.25, 0.3) is 15.9 Å². The fraction of sp³-hybridized carbons (Fsp3) is 0.409. The van der Waals surface area contributed by atoms with Gasteiger partial charge in [-0.15, -0.1) is 0 Å². The predicted molar refractivity (Wildman–Crippen MR) is 117 cm³/mol. The van der Waals surface area contributed by atoms with Crippen molar-refractivity contribution in [1.82, 2.24) is 4.90 Å². The average Bonchev–Trinajstić information content (AvgIpc) is 2.70. The molecule has 1 saturated carbocycles. The van der Waals surface area contributed by atoms with E-state index in [4.69, 9.17) is 11.6 Å². The van der Waals surface area contributed by atoms with Gasteiger partial charge in [0.15, 0.2) is 0 Å². The number of carbonyl (C=O) groups excluding carboxylic acids is 1. The van der Waals surface area contributed by atoms with Crippen molar-refractivity contribution < 1.29 is 13.2 Å². The molecule has 1 aliphatic rings. The fourth-order valence-corrected chi connectivity index (χ4v) is 5.47. The number of benzene rings is 2. The van der Waals surface area contributed by atoms with E-state index < -0.39 is 10.0 Å². The maximum absolute atomic E-state index is 13.0. The third kappa shape index (κ3) is 4.93. The van der Waals surface area contributed by atoms with Crippen molar-refractivity contribution >= 4 is 33.2 Å². The Morgan fingerprint density at radius 1 is 1.07 bits per heavy atom. The van der Waals surface area contributed by atoms with Crippen LogP contribution in [0, 0.1) is 13.8 Å². The van der Waals surface area contributed by atoms with Crippen LogP contribution in [0.3, 0.4) is 0 Å². The number of aryl methyl sites for hydroxylation is 2. The van der Waals surface area contributed by atoms with Crippen LogP contribution in [0.2, 0.25) is 5.02 Å². The summed E-state index contributed by atoms with van der Waals surface area (Å²) in [5.74, 6) is -0.184. The molecule has 0 radical (unpaired) electrons. The second kappa shape index (κ2) is 8.76. The van der Waals surface area contributed by atoms with Crippen molar-refractivity contribution in [3.8, 4) is 0 Å². The molecule has 0 heterocycles. The second-order valence-electron chi connectivity index (χ2n) is 7.78. The van der Waals surface area contributed by atoms with Crippen LogP contribution in [0.5, 0.6) is 0 Å². The van der Waals surface area contributed by atoms with Crippen LogP contribution >= 0.6 is 11.6 Å². The normalized spacial score (nSPS) is 15.2. The lowest BCUT2D eigenvalue weighted by molar-refractivity contribution is 0.0696. The standard InChI is InChI=1S/C22H27ClN2O3S/c1-15-9-12-20(16(2)13-15)24-29(27,28)21-14-17(10-11-19(21)23)22(26)25(3)18-7-5-4-6-8-18/h9-14,18,24H,4-8H2,1-3H3. The quantitative estimate of drug-likeness (QED) is 0.706. The molecule has 0 spiro atoms. The van der Waals surface area contributed by atoms with E-state index in [1.54, 1.807) is 24.1 Å². The summed E-state index contributed by atoms with van der Waals surface area (Å²) in [6.07, 6.45) is 5.39. The number of hydrogen-bond donors (Lipinski definition) is 1. The maximum atomic E-state index is 13.0. The number of amides is 1. The smallest absolute Gasteiger partial charge is 0.263 e. The lowest BCUT2D eigenvalue weighted by Gasteiger charge is -2.31. The van der Waals surface area contributed by atoms with Crippen LogP contribution in [-0.4, -0.2) is 32.3 Å². The van der Waals surface area contributed by atoms with Gasteiger partial charge < -0.3 is 4.90 Å². The Hall–Kier alpha value is -2.05. The van der Waals surface area contributed by atoms with Gasteiger partial charge in [-0.05, 0) is 56.5 Å². The van der Waals surface area contributed by atoms with E-state index in [0.29, 0.717) is 11.3 Å². The van der Waals surface area contributed by atoms with E-state index >= 15 is 0 Å². The molecule has 1 amide bonds. The first kappa shape index (κ1) is 21.7. The highest BCUT2D eigenvalue weighted by Gasteiger charge is 2.26. The Labute approximate surface area is 178 Å². The number of sulfonamides is 1. The third-order valence-electron chi connectivity index (χ3n) is 5.54. The molecule has 29 heavy (non-hydrogen) atoms. The van der Waals surface area contributed by atoms with Gasteiger partial charge in [-0.3, -0.25) is 9.52 Å². The van der Waals surface area contributed by atoms with Crippen molar-refractivity contribution in [3.05, 3.63) is 58.1 Å². The van der Waals surface area contributed by atoms with Crippen LogP contribution in [0.15, 0.2) is 41.3 Å². The Morgan fingerprint density at radius 3 is 2.41 bits per heavy atom. The summed E-state index contributed by atoms with van der Waals surface area (Å²) in [4.78, 5) is 14.6. The molecule has 0 unspecified atom stereocenters. The molecule has 2 aromatic rings. The number of nitrogens with one attached hydrogen (secondary N) is 1. The molecular formula is C22H27ClN2O3S. The van der Waals surface area contributed by atoms with E-state index in [1.807, 2.05) is 26.0 Å². The van der Waals surface area contributed by atoms with E-state index in [0.717, 1.165) is 36.8 Å². The van der Waals surface area contributed by atoms with E-state index in [2.05, 4.69) is 4.72 Å². The zero-order valence-electron chi connectivity index (χ0n) is 17.0.